The maximum atomic E-state index is 5.57. The van der Waals surface area contributed by atoms with Crippen LogP contribution in [0.1, 0.15) is 27.7 Å². The fourth-order valence-corrected chi connectivity index (χ4v) is 3.63. The van der Waals surface area contributed by atoms with Gasteiger partial charge in [0.25, 0.3) is 0 Å². The second kappa shape index (κ2) is 6.12. The van der Waals surface area contributed by atoms with Crippen molar-refractivity contribution >= 4 is 0 Å². The van der Waals surface area contributed by atoms with Crippen molar-refractivity contribution in [3.8, 4) is 0 Å². The molecule has 0 aromatic carbocycles. The molecule has 0 spiro atoms. The van der Waals surface area contributed by atoms with Gasteiger partial charge >= 0.3 is 85.5 Å². The normalized spacial score (nSPS) is 12.9. The SMILES string of the molecule is C[O][Ti]([O]C)([O]C(C)C)[O]C(C)C. The summed E-state index contributed by atoms with van der Waals surface area (Å²) in [5.41, 5.74) is 0. The Hall–Kier alpha value is 0.554. The van der Waals surface area contributed by atoms with Crippen LogP contribution in [-0.4, -0.2) is 26.4 Å². The summed E-state index contributed by atoms with van der Waals surface area (Å²) in [6.45, 7) is 7.73. The minimum atomic E-state index is -3.39. The summed E-state index contributed by atoms with van der Waals surface area (Å²) in [6, 6.07) is 0. The monoisotopic (exact) mass is 228 g/mol. The number of rotatable bonds is 6. The van der Waals surface area contributed by atoms with E-state index in [1.807, 2.05) is 27.7 Å². The predicted molar refractivity (Wildman–Crippen MR) is 46.5 cm³/mol. The molecule has 0 amide bonds. The third kappa shape index (κ3) is 5.10. The molecule has 0 heterocycles. The second-order valence-electron chi connectivity index (χ2n) is 3.24. The van der Waals surface area contributed by atoms with E-state index in [0.29, 0.717) is 0 Å². The molecule has 0 aliphatic carbocycles. The first-order valence-corrected chi connectivity index (χ1v) is 6.96. The molecule has 80 valence electrons. The van der Waals surface area contributed by atoms with Crippen LogP contribution in [0.25, 0.3) is 0 Å². The summed E-state index contributed by atoms with van der Waals surface area (Å²) in [6.07, 6.45) is 0.109. The molecule has 0 aromatic heterocycles. The van der Waals surface area contributed by atoms with E-state index in [4.69, 9.17) is 13.3 Å². The van der Waals surface area contributed by atoms with Crippen LogP contribution in [0.4, 0.5) is 0 Å². The number of hydrogen-bond acceptors (Lipinski definition) is 4. The topological polar surface area (TPSA) is 36.9 Å². The Morgan fingerprint density at radius 1 is 0.769 bits per heavy atom. The standard InChI is InChI=1S/2C3H7O.2CH3O.Ti/c2*1-3(2)4;2*1-2;/h2*3H,1-2H3;2*1H3;/q4*-1;+4. The zero-order valence-electron chi connectivity index (χ0n) is 9.29. The molecular formula is C8H20O4Ti. The minimum absolute atomic E-state index is 0.0543. The van der Waals surface area contributed by atoms with Crippen LogP contribution >= 0.6 is 0 Å². The zero-order valence-corrected chi connectivity index (χ0v) is 10.8. The molecule has 0 rings (SSSR count). The fourth-order valence-electron chi connectivity index (χ4n) is 0.881. The first kappa shape index (κ1) is 13.6. The molecule has 0 unspecified atom stereocenters. The molecule has 0 saturated carbocycles. The van der Waals surface area contributed by atoms with Gasteiger partial charge in [0.2, 0.25) is 0 Å². The van der Waals surface area contributed by atoms with Crippen molar-refractivity contribution in [2.45, 2.75) is 39.9 Å². The summed E-state index contributed by atoms with van der Waals surface area (Å²) in [7, 11) is 3.13. The van der Waals surface area contributed by atoms with Crippen LogP contribution < -0.4 is 0 Å². The molecule has 0 atom stereocenters. The Kier molecular flexibility index (Phi) is 6.38. The maximum absolute atomic E-state index is 5.57. The van der Waals surface area contributed by atoms with Gasteiger partial charge < -0.3 is 0 Å². The Bertz CT molecular complexity index is 122. The molecule has 0 radical (unpaired) electrons. The Morgan fingerprint density at radius 3 is 1.23 bits per heavy atom. The van der Waals surface area contributed by atoms with Gasteiger partial charge in [-0.3, -0.25) is 0 Å². The van der Waals surface area contributed by atoms with Crippen molar-refractivity contribution < 1.29 is 31.4 Å². The van der Waals surface area contributed by atoms with E-state index in [-0.39, 0.29) is 12.2 Å². The van der Waals surface area contributed by atoms with Gasteiger partial charge in [-0.2, -0.15) is 0 Å². The molecule has 5 heteroatoms. The fraction of sp³-hybridized carbons (Fsp3) is 1.00. The van der Waals surface area contributed by atoms with Crippen LogP contribution in [0.15, 0.2) is 0 Å². The first-order chi connectivity index (χ1) is 5.95. The van der Waals surface area contributed by atoms with E-state index < -0.39 is 18.1 Å². The van der Waals surface area contributed by atoms with Gasteiger partial charge in [0.05, 0.1) is 0 Å². The molecule has 4 nitrogen and oxygen atoms in total. The van der Waals surface area contributed by atoms with E-state index >= 15 is 0 Å². The van der Waals surface area contributed by atoms with E-state index in [2.05, 4.69) is 0 Å². The predicted octanol–water partition coefficient (Wildman–Crippen LogP) is 1.94. The van der Waals surface area contributed by atoms with Crippen molar-refractivity contribution in [2.75, 3.05) is 14.2 Å². The number of hydrogen-bond donors (Lipinski definition) is 0. The van der Waals surface area contributed by atoms with E-state index in [1.165, 1.54) is 0 Å². The van der Waals surface area contributed by atoms with Gasteiger partial charge in [-0.15, -0.1) is 0 Å². The van der Waals surface area contributed by atoms with Gasteiger partial charge in [-0.05, 0) is 0 Å². The van der Waals surface area contributed by atoms with Gasteiger partial charge in [0.15, 0.2) is 0 Å². The van der Waals surface area contributed by atoms with E-state index in [0.717, 1.165) is 0 Å². The molecule has 0 fully saturated rings. The average Bonchev–Trinajstić information content (AvgIpc) is 2.01. The molecule has 0 aliphatic heterocycles. The van der Waals surface area contributed by atoms with Crippen molar-refractivity contribution in [3.05, 3.63) is 0 Å². The van der Waals surface area contributed by atoms with E-state index in [1.54, 1.807) is 14.2 Å². The summed E-state index contributed by atoms with van der Waals surface area (Å²) in [5, 5.41) is 0. The molecule has 13 heavy (non-hydrogen) atoms. The van der Waals surface area contributed by atoms with Crippen molar-refractivity contribution in [2.24, 2.45) is 0 Å². The summed E-state index contributed by atoms with van der Waals surface area (Å²) < 4.78 is 21.6. The molecule has 0 N–H and O–H groups in total. The second-order valence-corrected chi connectivity index (χ2v) is 6.81. The third-order valence-electron chi connectivity index (χ3n) is 1.26. The van der Waals surface area contributed by atoms with Crippen molar-refractivity contribution in [1.29, 1.82) is 0 Å². The average molecular weight is 228 g/mol. The molecule has 0 aliphatic rings. The summed E-state index contributed by atoms with van der Waals surface area (Å²) in [4.78, 5) is 0. The van der Waals surface area contributed by atoms with Crippen molar-refractivity contribution in [3.63, 3.8) is 0 Å². The van der Waals surface area contributed by atoms with Crippen LogP contribution in [0.2, 0.25) is 0 Å². The molecular weight excluding hydrogens is 208 g/mol. The molecule has 0 bridgehead atoms. The molecule has 0 aromatic rings. The van der Waals surface area contributed by atoms with E-state index in [9.17, 15) is 0 Å². The van der Waals surface area contributed by atoms with Gasteiger partial charge in [0, 0.05) is 0 Å². The summed E-state index contributed by atoms with van der Waals surface area (Å²) in [5.74, 6) is 0. The van der Waals surface area contributed by atoms with Gasteiger partial charge in [-0.25, -0.2) is 0 Å². The van der Waals surface area contributed by atoms with Crippen LogP contribution in [-0.2, 0) is 31.4 Å². The Balaban J connectivity index is 4.30. The Labute approximate surface area is 85.8 Å². The van der Waals surface area contributed by atoms with Gasteiger partial charge in [-0.1, -0.05) is 0 Å². The van der Waals surface area contributed by atoms with Crippen molar-refractivity contribution in [1.82, 2.24) is 0 Å². The third-order valence-corrected chi connectivity index (χ3v) is 5.20. The summed E-state index contributed by atoms with van der Waals surface area (Å²) >= 11 is -3.39. The first-order valence-electron chi connectivity index (χ1n) is 4.41. The van der Waals surface area contributed by atoms with Crippen LogP contribution in [0, 0.1) is 0 Å². The van der Waals surface area contributed by atoms with Gasteiger partial charge in [0.1, 0.15) is 0 Å². The molecule has 0 saturated heterocycles. The van der Waals surface area contributed by atoms with Crippen LogP contribution in [0.5, 0.6) is 0 Å². The Morgan fingerprint density at radius 2 is 1.08 bits per heavy atom. The van der Waals surface area contributed by atoms with Crippen LogP contribution in [0.3, 0.4) is 0 Å². The zero-order chi connectivity index (χ0) is 10.5. The quantitative estimate of drug-likeness (QED) is 0.651.